The van der Waals surface area contributed by atoms with Crippen LogP contribution in [0.1, 0.15) is 47.2 Å². The Hall–Kier alpha value is -1.66. The maximum Gasteiger partial charge on any atom is 0.253 e. The number of carbonyl (C=O) groups excluding carboxylic acids is 1. The summed E-state index contributed by atoms with van der Waals surface area (Å²) in [5, 5.41) is 6.08. The minimum atomic E-state index is -0.0212. The SMILES string of the molecule is CCCCn1c(-c2csc(C)n2)cc(C(=O)NCCCOC)c1C. The summed E-state index contributed by atoms with van der Waals surface area (Å²) in [4.78, 5) is 17.1. The number of methoxy groups -OCH3 is 1. The van der Waals surface area contributed by atoms with Gasteiger partial charge in [0.1, 0.15) is 0 Å². The van der Waals surface area contributed by atoms with Gasteiger partial charge in [-0.3, -0.25) is 4.79 Å². The normalized spacial score (nSPS) is 11.0. The molecule has 0 bridgehead atoms. The van der Waals surface area contributed by atoms with E-state index in [1.165, 1.54) is 0 Å². The number of nitrogens with one attached hydrogen (secondary N) is 1. The third kappa shape index (κ3) is 4.45. The largest absolute Gasteiger partial charge is 0.385 e. The lowest BCUT2D eigenvalue weighted by Crippen LogP contribution is -2.25. The Kier molecular flexibility index (Phi) is 6.99. The van der Waals surface area contributed by atoms with Crippen LogP contribution in [-0.2, 0) is 11.3 Å². The highest BCUT2D eigenvalue weighted by atomic mass is 32.1. The zero-order chi connectivity index (χ0) is 17.5. The monoisotopic (exact) mass is 349 g/mol. The fourth-order valence-corrected chi connectivity index (χ4v) is 3.29. The van der Waals surface area contributed by atoms with Crippen LogP contribution in [0.4, 0.5) is 0 Å². The Morgan fingerprint density at radius 3 is 2.79 bits per heavy atom. The average molecular weight is 350 g/mol. The number of aromatic nitrogens is 2. The molecule has 2 aromatic heterocycles. The van der Waals surface area contributed by atoms with Crippen LogP contribution in [0.15, 0.2) is 11.4 Å². The molecule has 0 saturated carbocycles. The predicted octanol–water partition coefficient (Wildman–Crippen LogP) is 3.79. The zero-order valence-electron chi connectivity index (χ0n) is 15.0. The molecule has 132 valence electrons. The number of hydrogen-bond acceptors (Lipinski definition) is 4. The van der Waals surface area contributed by atoms with E-state index in [1.54, 1.807) is 18.4 Å². The summed E-state index contributed by atoms with van der Waals surface area (Å²) in [6, 6.07) is 1.98. The van der Waals surface area contributed by atoms with Crippen LogP contribution in [-0.4, -0.2) is 35.7 Å². The van der Waals surface area contributed by atoms with Crippen molar-refractivity contribution in [3.63, 3.8) is 0 Å². The van der Waals surface area contributed by atoms with Gasteiger partial charge >= 0.3 is 0 Å². The maximum atomic E-state index is 12.5. The molecule has 0 spiro atoms. The van der Waals surface area contributed by atoms with Crippen molar-refractivity contribution < 1.29 is 9.53 Å². The molecule has 0 aromatic carbocycles. The van der Waals surface area contributed by atoms with Crippen LogP contribution in [0, 0.1) is 13.8 Å². The van der Waals surface area contributed by atoms with Gasteiger partial charge in [-0.15, -0.1) is 11.3 Å². The molecule has 24 heavy (non-hydrogen) atoms. The van der Waals surface area contributed by atoms with E-state index in [0.717, 1.165) is 53.5 Å². The van der Waals surface area contributed by atoms with Crippen LogP contribution in [0.2, 0.25) is 0 Å². The summed E-state index contributed by atoms with van der Waals surface area (Å²) in [6.45, 7) is 8.38. The topological polar surface area (TPSA) is 56.2 Å². The van der Waals surface area contributed by atoms with Gasteiger partial charge in [-0.05, 0) is 32.8 Å². The Morgan fingerprint density at radius 2 is 2.17 bits per heavy atom. The van der Waals surface area contributed by atoms with E-state index >= 15 is 0 Å². The quantitative estimate of drug-likeness (QED) is 0.701. The molecular weight excluding hydrogens is 322 g/mol. The van der Waals surface area contributed by atoms with Crippen LogP contribution in [0.3, 0.4) is 0 Å². The second kappa shape index (κ2) is 8.99. The van der Waals surface area contributed by atoms with Crippen molar-refractivity contribution in [2.75, 3.05) is 20.3 Å². The summed E-state index contributed by atoms with van der Waals surface area (Å²) in [6.07, 6.45) is 3.02. The second-order valence-corrected chi connectivity index (χ2v) is 6.95. The highest BCUT2D eigenvalue weighted by molar-refractivity contribution is 7.09. The number of amides is 1. The van der Waals surface area contributed by atoms with Crippen molar-refractivity contribution >= 4 is 17.2 Å². The molecule has 0 aliphatic heterocycles. The molecule has 6 heteroatoms. The fourth-order valence-electron chi connectivity index (χ4n) is 2.69. The average Bonchev–Trinajstić information content (AvgIpc) is 3.13. The summed E-state index contributed by atoms with van der Waals surface area (Å²) in [5.74, 6) is -0.0212. The smallest absolute Gasteiger partial charge is 0.253 e. The molecule has 0 radical (unpaired) electrons. The number of hydrogen-bond donors (Lipinski definition) is 1. The molecule has 5 nitrogen and oxygen atoms in total. The van der Waals surface area contributed by atoms with Crippen molar-refractivity contribution in [2.45, 2.75) is 46.6 Å². The lowest BCUT2D eigenvalue weighted by Gasteiger charge is -2.10. The van der Waals surface area contributed by atoms with E-state index in [4.69, 9.17) is 4.74 Å². The third-order valence-electron chi connectivity index (χ3n) is 4.04. The van der Waals surface area contributed by atoms with Gasteiger partial charge in [0, 0.05) is 37.9 Å². The molecule has 0 unspecified atom stereocenters. The molecule has 1 amide bonds. The van der Waals surface area contributed by atoms with Gasteiger partial charge in [-0.1, -0.05) is 13.3 Å². The number of unbranched alkanes of at least 4 members (excludes halogenated alkanes) is 1. The predicted molar refractivity (Wildman–Crippen MR) is 98.7 cm³/mol. The fraction of sp³-hybridized carbons (Fsp3) is 0.556. The maximum absolute atomic E-state index is 12.5. The number of aryl methyl sites for hydroxylation is 1. The standard InChI is InChI=1S/C18H27N3O2S/c1-5-6-9-21-13(2)15(18(22)19-8-7-10-23-4)11-17(21)16-12-24-14(3)20-16/h11-12H,5-10H2,1-4H3,(H,19,22). The molecule has 2 rings (SSSR count). The Bertz CT molecular complexity index is 676. The number of ether oxygens (including phenoxy) is 1. The number of nitrogens with zero attached hydrogens (tertiary/aromatic N) is 2. The Labute approximate surface area is 148 Å². The van der Waals surface area contributed by atoms with Crippen molar-refractivity contribution in [3.05, 3.63) is 27.7 Å². The summed E-state index contributed by atoms with van der Waals surface area (Å²) in [5.41, 5.74) is 3.74. The van der Waals surface area contributed by atoms with Crippen molar-refractivity contribution in [2.24, 2.45) is 0 Å². The summed E-state index contributed by atoms with van der Waals surface area (Å²) in [7, 11) is 1.67. The van der Waals surface area contributed by atoms with Crippen LogP contribution < -0.4 is 5.32 Å². The van der Waals surface area contributed by atoms with Crippen molar-refractivity contribution in [1.29, 1.82) is 0 Å². The first-order chi connectivity index (χ1) is 11.6. The molecule has 2 heterocycles. The number of thiazole rings is 1. The lowest BCUT2D eigenvalue weighted by atomic mass is 10.2. The van der Waals surface area contributed by atoms with Crippen LogP contribution in [0.25, 0.3) is 11.4 Å². The molecule has 0 aliphatic rings. The highest BCUT2D eigenvalue weighted by Crippen LogP contribution is 2.27. The van der Waals surface area contributed by atoms with Gasteiger partial charge in [-0.2, -0.15) is 0 Å². The van der Waals surface area contributed by atoms with Crippen LogP contribution in [0.5, 0.6) is 0 Å². The number of carbonyl (C=O) groups is 1. The van der Waals surface area contributed by atoms with Gasteiger partial charge in [0.15, 0.2) is 0 Å². The molecular formula is C18H27N3O2S. The first-order valence-electron chi connectivity index (χ1n) is 8.48. The Balaban J connectivity index is 2.25. The van der Waals surface area contributed by atoms with Gasteiger partial charge in [-0.25, -0.2) is 4.98 Å². The van der Waals surface area contributed by atoms with Gasteiger partial charge in [0.2, 0.25) is 0 Å². The molecule has 2 aromatic rings. The number of rotatable bonds is 9. The first kappa shape index (κ1) is 18.7. The van der Waals surface area contributed by atoms with Crippen LogP contribution >= 0.6 is 11.3 Å². The van der Waals surface area contributed by atoms with E-state index in [2.05, 4.69) is 27.2 Å². The Morgan fingerprint density at radius 1 is 1.38 bits per heavy atom. The van der Waals surface area contributed by atoms with Crippen molar-refractivity contribution in [1.82, 2.24) is 14.9 Å². The lowest BCUT2D eigenvalue weighted by molar-refractivity contribution is 0.0948. The third-order valence-corrected chi connectivity index (χ3v) is 4.81. The summed E-state index contributed by atoms with van der Waals surface area (Å²) < 4.78 is 7.24. The van der Waals surface area contributed by atoms with E-state index in [0.29, 0.717) is 13.2 Å². The van der Waals surface area contributed by atoms with E-state index in [1.807, 2.05) is 19.9 Å². The second-order valence-electron chi connectivity index (χ2n) is 5.89. The molecule has 0 fully saturated rings. The van der Waals surface area contributed by atoms with E-state index < -0.39 is 0 Å². The molecule has 0 aliphatic carbocycles. The minimum absolute atomic E-state index is 0.0212. The minimum Gasteiger partial charge on any atom is -0.385 e. The first-order valence-corrected chi connectivity index (χ1v) is 9.36. The van der Waals surface area contributed by atoms with Gasteiger partial charge < -0.3 is 14.6 Å². The van der Waals surface area contributed by atoms with E-state index in [9.17, 15) is 4.79 Å². The summed E-state index contributed by atoms with van der Waals surface area (Å²) >= 11 is 1.64. The van der Waals surface area contributed by atoms with E-state index in [-0.39, 0.29) is 5.91 Å². The zero-order valence-corrected chi connectivity index (χ0v) is 15.8. The molecule has 0 atom stereocenters. The van der Waals surface area contributed by atoms with Crippen molar-refractivity contribution in [3.8, 4) is 11.4 Å². The van der Waals surface area contributed by atoms with Gasteiger partial charge in [0.05, 0.1) is 22.0 Å². The molecule has 0 saturated heterocycles. The van der Waals surface area contributed by atoms with Gasteiger partial charge in [0.25, 0.3) is 5.91 Å². The molecule has 1 N–H and O–H groups in total. The highest BCUT2D eigenvalue weighted by Gasteiger charge is 2.19.